The van der Waals surface area contributed by atoms with Crippen molar-refractivity contribution in [1.82, 2.24) is 10.2 Å². The third-order valence-corrected chi connectivity index (χ3v) is 4.57. The van der Waals surface area contributed by atoms with Crippen LogP contribution in [0.5, 0.6) is 0 Å². The van der Waals surface area contributed by atoms with Gasteiger partial charge in [0.1, 0.15) is 0 Å². The molecule has 3 nitrogen and oxygen atoms in total. The Morgan fingerprint density at radius 2 is 2.24 bits per heavy atom. The number of hydrogen-bond donors (Lipinski definition) is 1. The van der Waals surface area contributed by atoms with Crippen molar-refractivity contribution >= 4 is 16.9 Å². The van der Waals surface area contributed by atoms with Gasteiger partial charge in [-0.1, -0.05) is 18.7 Å². The van der Waals surface area contributed by atoms with E-state index < -0.39 is 0 Å². The number of thioether (sulfide) groups is 1. The summed E-state index contributed by atoms with van der Waals surface area (Å²) in [5.74, 6) is 1.23. The van der Waals surface area contributed by atoms with E-state index in [1.54, 1.807) is 0 Å². The van der Waals surface area contributed by atoms with E-state index in [9.17, 15) is 0 Å². The van der Waals surface area contributed by atoms with Crippen molar-refractivity contribution in [3.8, 4) is 0 Å². The quantitative estimate of drug-likeness (QED) is 0.764. The number of rotatable bonds is 5. The van der Waals surface area contributed by atoms with Gasteiger partial charge in [0.25, 0.3) is 0 Å². The molecule has 0 aromatic rings. The molecule has 98 valence electrons. The second-order valence-electron chi connectivity index (χ2n) is 4.98. The van der Waals surface area contributed by atoms with E-state index in [-0.39, 0.29) is 0 Å². The molecule has 0 saturated carbocycles. The standard InChI is InChI=1S/C13H25N3S/c1-2-12-6-11-17-13(15-12)14-7-5-10-16-8-3-4-9-16/h12H,2-11H2,1H3,(H,14,15). The summed E-state index contributed by atoms with van der Waals surface area (Å²) in [6, 6.07) is 0.661. The minimum Gasteiger partial charge on any atom is -0.362 e. The highest BCUT2D eigenvalue weighted by molar-refractivity contribution is 8.13. The summed E-state index contributed by atoms with van der Waals surface area (Å²) in [4.78, 5) is 7.25. The van der Waals surface area contributed by atoms with Crippen LogP contribution in [-0.4, -0.2) is 48.0 Å². The van der Waals surface area contributed by atoms with Gasteiger partial charge in [-0.15, -0.1) is 0 Å². The highest BCUT2D eigenvalue weighted by Gasteiger charge is 2.15. The zero-order valence-electron chi connectivity index (χ0n) is 11.0. The summed E-state index contributed by atoms with van der Waals surface area (Å²) in [6.07, 6.45) is 6.50. The van der Waals surface area contributed by atoms with Crippen molar-refractivity contribution in [1.29, 1.82) is 0 Å². The predicted molar refractivity (Wildman–Crippen MR) is 76.9 cm³/mol. The lowest BCUT2D eigenvalue weighted by Gasteiger charge is -2.24. The van der Waals surface area contributed by atoms with Crippen molar-refractivity contribution in [2.45, 2.75) is 45.1 Å². The molecule has 0 aromatic heterocycles. The highest BCUT2D eigenvalue weighted by Crippen LogP contribution is 2.15. The van der Waals surface area contributed by atoms with Gasteiger partial charge < -0.3 is 10.2 Å². The number of hydrogen-bond acceptors (Lipinski definition) is 3. The maximum absolute atomic E-state index is 4.68. The van der Waals surface area contributed by atoms with Crippen molar-refractivity contribution < 1.29 is 0 Å². The Kier molecular flexibility index (Phi) is 5.65. The molecule has 4 heteroatoms. The molecule has 0 bridgehead atoms. The molecule has 0 spiro atoms. The van der Waals surface area contributed by atoms with Crippen LogP contribution in [0.1, 0.15) is 39.0 Å². The molecule has 2 heterocycles. The first-order chi connectivity index (χ1) is 8.38. The minimum absolute atomic E-state index is 0.661. The summed E-state index contributed by atoms with van der Waals surface area (Å²) < 4.78 is 0. The summed E-state index contributed by atoms with van der Waals surface area (Å²) >= 11 is 1.89. The van der Waals surface area contributed by atoms with Crippen LogP contribution in [0.2, 0.25) is 0 Å². The van der Waals surface area contributed by atoms with E-state index in [2.05, 4.69) is 22.1 Å². The fourth-order valence-electron chi connectivity index (χ4n) is 2.46. The molecular formula is C13H25N3S. The molecule has 0 radical (unpaired) electrons. The Morgan fingerprint density at radius 3 is 3.00 bits per heavy atom. The fraction of sp³-hybridized carbons (Fsp3) is 0.923. The van der Waals surface area contributed by atoms with Gasteiger partial charge in [-0.2, -0.15) is 0 Å². The van der Waals surface area contributed by atoms with Gasteiger partial charge >= 0.3 is 0 Å². The monoisotopic (exact) mass is 255 g/mol. The Hall–Kier alpha value is -0.220. The zero-order chi connectivity index (χ0) is 11.9. The summed E-state index contributed by atoms with van der Waals surface area (Å²) in [5, 5.41) is 4.72. The first-order valence-electron chi connectivity index (χ1n) is 7.04. The van der Waals surface area contributed by atoms with Crippen molar-refractivity contribution in [2.24, 2.45) is 4.99 Å². The molecule has 17 heavy (non-hydrogen) atoms. The third kappa shape index (κ3) is 4.51. The lowest BCUT2D eigenvalue weighted by Crippen LogP contribution is -2.37. The van der Waals surface area contributed by atoms with Crippen LogP contribution in [0.4, 0.5) is 0 Å². The third-order valence-electron chi connectivity index (χ3n) is 3.61. The van der Waals surface area contributed by atoms with Crippen LogP contribution < -0.4 is 5.32 Å². The van der Waals surface area contributed by atoms with E-state index in [4.69, 9.17) is 0 Å². The topological polar surface area (TPSA) is 27.6 Å². The molecule has 1 unspecified atom stereocenters. The number of nitrogens with zero attached hydrogens (tertiary/aromatic N) is 2. The fourth-order valence-corrected chi connectivity index (χ4v) is 3.49. The molecule has 2 saturated heterocycles. The average Bonchev–Trinajstić information content (AvgIpc) is 2.88. The number of aliphatic imine (C=N–C) groups is 1. The summed E-state index contributed by atoms with van der Waals surface area (Å²) in [5.41, 5.74) is 0. The second kappa shape index (κ2) is 7.27. The molecule has 0 amide bonds. The Labute approximate surface area is 109 Å². The van der Waals surface area contributed by atoms with Gasteiger partial charge in [0.2, 0.25) is 0 Å². The van der Waals surface area contributed by atoms with Crippen LogP contribution >= 0.6 is 11.8 Å². The van der Waals surface area contributed by atoms with E-state index in [1.807, 2.05) is 11.8 Å². The Balaban J connectivity index is 1.62. The number of likely N-dealkylation sites (tertiary alicyclic amines) is 1. The number of amidine groups is 1. The summed E-state index contributed by atoms with van der Waals surface area (Å²) in [6.45, 7) is 7.09. The smallest absolute Gasteiger partial charge is 0.156 e. The van der Waals surface area contributed by atoms with E-state index >= 15 is 0 Å². The molecule has 2 rings (SSSR count). The van der Waals surface area contributed by atoms with Gasteiger partial charge in [0.15, 0.2) is 5.17 Å². The average molecular weight is 255 g/mol. The lowest BCUT2D eigenvalue weighted by molar-refractivity contribution is 0.336. The van der Waals surface area contributed by atoms with Crippen LogP contribution in [0.25, 0.3) is 0 Å². The highest BCUT2D eigenvalue weighted by atomic mass is 32.2. The van der Waals surface area contributed by atoms with Gasteiger partial charge in [0, 0.05) is 18.3 Å². The van der Waals surface area contributed by atoms with Crippen molar-refractivity contribution in [3.63, 3.8) is 0 Å². The molecule has 2 aliphatic heterocycles. The molecule has 0 aliphatic carbocycles. The molecular weight excluding hydrogens is 230 g/mol. The van der Waals surface area contributed by atoms with Crippen molar-refractivity contribution in [2.75, 3.05) is 31.9 Å². The molecule has 2 fully saturated rings. The van der Waals surface area contributed by atoms with E-state index in [0.717, 1.165) is 6.54 Å². The minimum atomic E-state index is 0.661. The van der Waals surface area contributed by atoms with Crippen LogP contribution in [0, 0.1) is 0 Å². The normalized spacial score (nSPS) is 28.5. The Morgan fingerprint density at radius 1 is 1.41 bits per heavy atom. The summed E-state index contributed by atoms with van der Waals surface area (Å²) in [7, 11) is 0. The van der Waals surface area contributed by atoms with E-state index in [0.29, 0.717) is 6.04 Å². The first kappa shape index (κ1) is 13.2. The SMILES string of the molecule is CCC1CCSC(=NCCCN2CCCC2)N1. The Bertz CT molecular complexity index is 249. The zero-order valence-corrected chi connectivity index (χ0v) is 11.8. The van der Waals surface area contributed by atoms with Gasteiger partial charge in [0.05, 0.1) is 0 Å². The van der Waals surface area contributed by atoms with E-state index in [1.165, 1.54) is 62.7 Å². The second-order valence-corrected chi connectivity index (χ2v) is 6.06. The van der Waals surface area contributed by atoms with Crippen LogP contribution in [0.3, 0.4) is 0 Å². The predicted octanol–water partition coefficient (Wildman–Crippen LogP) is 2.33. The molecule has 0 aromatic carbocycles. The lowest BCUT2D eigenvalue weighted by atomic mass is 10.2. The molecule has 1 atom stereocenters. The largest absolute Gasteiger partial charge is 0.362 e. The number of nitrogens with one attached hydrogen (secondary N) is 1. The molecule has 1 N–H and O–H groups in total. The molecule has 2 aliphatic rings. The van der Waals surface area contributed by atoms with Gasteiger partial charge in [-0.3, -0.25) is 4.99 Å². The van der Waals surface area contributed by atoms with Crippen LogP contribution in [-0.2, 0) is 0 Å². The maximum atomic E-state index is 4.68. The van der Waals surface area contributed by atoms with Gasteiger partial charge in [-0.05, 0) is 51.7 Å². The van der Waals surface area contributed by atoms with Crippen molar-refractivity contribution in [3.05, 3.63) is 0 Å². The van der Waals surface area contributed by atoms with Gasteiger partial charge in [-0.25, -0.2) is 0 Å². The first-order valence-corrected chi connectivity index (χ1v) is 8.03. The maximum Gasteiger partial charge on any atom is 0.156 e. The van der Waals surface area contributed by atoms with Crippen LogP contribution in [0.15, 0.2) is 4.99 Å².